The number of halogens is 1. The zero-order valence-corrected chi connectivity index (χ0v) is 14.6. The molecule has 0 bridgehead atoms. The lowest BCUT2D eigenvalue weighted by Gasteiger charge is -2.14. The Morgan fingerprint density at radius 3 is 3.08 bits per heavy atom. The highest BCUT2D eigenvalue weighted by Gasteiger charge is 2.22. The molecule has 4 rings (SSSR count). The van der Waals surface area contributed by atoms with Crippen molar-refractivity contribution < 1.29 is 14.3 Å². The fourth-order valence-corrected chi connectivity index (χ4v) is 3.07. The number of carbonyl (C=O) groups is 1. The van der Waals surface area contributed by atoms with Crippen molar-refractivity contribution in [2.24, 2.45) is 0 Å². The van der Waals surface area contributed by atoms with Crippen LogP contribution in [0, 0.1) is 0 Å². The molecule has 2 aliphatic rings. The van der Waals surface area contributed by atoms with Crippen molar-refractivity contribution in [1.82, 2.24) is 20.8 Å². The normalized spacial score (nSPS) is 15.5. The molecule has 0 unspecified atom stereocenters. The van der Waals surface area contributed by atoms with Crippen molar-refractivity contribution in [3.63, 3.8) is 0 Å². The fraction of sp³-hybridized carbons (Fsp3) is 0.412. The average Bonchev–Trinajstić information content (AvgIpc) is 2.89. The molecule has 0 atom stereocenters. The van der Waals surface area contributed by atoms with Crippen molar-refractivity contribution in [2.45, 2.75) is 25.9 Å². The van der Waals surface area contributed by atoms with Crippen molar-refractivity contribution in [3.8, 4) is 11.5 Å². The molecule has 0 saturated carbocycles. The molecule has 0 saturated heterocycles. The summed E-state index contributed by atoms with van der Waals surface area (Å²) in [4.78, 5) is 12.5. The number of rotatable bonds is 3. The first-order valence-corrected chi connectivity index (χ1v) is 8.25. The minimum absolute atomic E-state index is 0. The van der Waals surface area contributed by atoms with Gasteiger partial charge in [-0.15, -0.1) is 12.4 Å². The molecular formula is C17H21ClN4O3. The zero-order valence-electron chi connectivity index (χ0n) is 13.8. The number of H-pyrrole nitrogens is 1. The second-order valence-corrected chi connectivity index (χ2v) is 5.93. The van der Waals surface area contributed by atoms with E-state index in [1.807, 2.05) is 18.2 Å². The number of hydrogen-bond donors (Lipinski definition) is 3. The lowest BCUT2D eigenvalue weighted by Crippen LogP contribution is -2.28. The van der Waals surface area contributed by atoms with Gasteiger partial charge in [0.05, 0.1) is 13.2 Å². The summed E-state index contributed by atoms with van der Waals surface area (Å²) >= 11 is 0. The lowest BCUT2D eigenvalue weighted by molar-refractivity contribution is 0.0944. The zero-order chi connectivity index (χ0) is 16.4. The van der Waals surface area contributed by atoms with Gasteiger partial charge in [0.2, 0.25) is 0 Å². The van der Waals surface area contributed by atoms with Crippen LogP contribution in [0.4, 0.5) is 0 Å². The van der Waals surface area contributed by atoms with Crippen molar-refractivity contribution in [1.29, 1.82) is 0 Å². The van der Waals surface area contributed by atoms with Crippen LogP contribution in [-0.4, -0.2) is 35.9 Å². The molecule has 0 spiro atoms. The number of amides is 1. The maximum atomic E-state index is 12.5. The van der Waals surface area contributed by atoms with E-state index in [4.69, 9.17) is 9.47 Å². The Morgan fingerprint density at radius 1 is 1.28 bits per heavy atom. The van der Waals surface area contributed by atoms with Crippen molar-refractivity contribution in [3.05, 3.63) is 40.7 Å². The van der Waals surface area contributed by atoms with Crippen LogP contribution in [0.2, 0.25) is 0 Å². The third-order valence-corrected chi connectivity index (χ3v) is 4.31. The van der Waals surface area contributed by atoms with Crippen LogP contribution in [0.15, 0.2) is 18.2 Å². The first-order chi connectivity index (χ1) is 11.8. The highest BCUT2D eigenvalue weighted by molar-refractivity contribution is 5.94. The SMILES string of the molecule is Cl.O=C(NCc1cccc2c1OCCCO2)c1n[nH]c2c1CNCC2. The van der Waals surface area contributed by atoms with Crippen molar-refractivity contribution in [2.75, 3.05) is 19.8 Å². The van der Waals surface area contributed by atoms with Crippen LogP contribution in [0.5, 0.6) is 11.5 Å². The third-order valence-electron chi connectivity index (χ3n) is 4.31. The van der Waals surface area contributed by atoms with E-state index in [-0.39, 0.29) is 18.3 Å². The summed E-state index contributed by atoms with van der Waals surface area (Å²) in [6, 6.07) is 5.74. The Balaban J connectivity index is 0.00000182. The van der Waals surface area contributed by atoms with Gasteiger partial charge >= 0.3 is 0 Å². The number of fused-ring (bicyclic) bond motifs is 2. The predicted molar refractivity (Wildman–Crippen MR) is 94.5 cm³/mol. The van der Waals surface area contributed by atoms with Gasteiger partial charge in [0.25, 0.3) is 5.91 Å². The Morgan fingerprint density at radius 2 is 2.16 bits per heavy atom. The smallest absolute Gasteiger partial charge is 0.272 e. The number of aromatic nitrogens is 2. The maximum absolute atomic E-state index is 12.5. The van der Waals surface area contributed by atoms with Crippen LogP contribution in [0.3, 0.4) is 0 Å². The fourth-order valence-electron chi connectivity index (χ4n) is 3.07. The number of nitrogens with zero attached hydrogens (tertiary/aromatic N) is 1. The van der Waals surface area contributed by atoms with Gasteiger partial charge < -0.3 is 20.1 Å². The van der Waals surface area contributed by atoms with Gasteiger partial charge in [-0.25, -0.2) is 0 Å². The molecule has 7 nitrogen and oxygen atoms in total. The summed E-state index contributed by atoms with van der Waals surface area (Å²) in [6.45, 7) is 3.22. The van der Waals surface area contributed by atoms with E-state index in [1.54, 1.807) is 0 Å². The van der Waals surface area contributed by atoms with E-state index in [0.29, 0.717) is 32.0 Å². The van der Waals surface area contributed by atoms with E-state index >= 15 is 0 Å². The van der Waals surface area contributed by atoms with Crippen LogP contribution in [0.1, 0.15) is 33.7 Å². The average molecular weight is 365 g/mol. The Hall–Kier alpha value is -2.25. The number of aromatic amines is 1. The molecule has 8 heteroatoms. The highest BCUT2D eigenvalue weighted by atomic mass is 35.5. The lowest BCUT2D eigenvalue weighted by atomic mass is 10.1. The monoisotopic (exact) mass is 364 g/mol. The number of carbonyl (C=O) groups excluding carboxylic acids is 1. The molecule has 1 amide bonds. The number of benzene rings is 1. The standard InChI is InChI=1S/C17H20N4O3.ClH/c22-17(15-12-10-18-6-5-13(12)20-21-15)19-9-11-3-1-4-14-16(11)24-8-2-7-23-14;/h1,3-4,18H,2,5-10H2,(H,19,22)(H,20,21);1H. The number of para-hydroxylation sites is 1. The van der Waals surface area contributed by atoms with E-state index in [1.165, 1.54) is 0 Å². The second kappa shape index (κ2) is 7.76. The molecule has 0 aliphatic carbocycles. The van der Waals surface area contributed by atoms with Gasteiger partial charge in [-0.3, -0.25) is 9.89 Å². The maximum Gasteiger partial charge on any atom is 0.272 e. The molecule has 25 heavy (non-hydrogen) atoms. The Bertz CT molecular complexity index is 762. The van der Waals surface area contributed by atoms with E-state index in [9.17, 15) is 4.79 Å². The van der Waals surface area contributed by atoms with Crippen molar-refractivity contribution >= 4 is 18.3 Å². The largest absolute Gasteiger partial charge is 0.490 e. The molecule has 1 aromatic heterocycles. The third kappa shape index (κ3) is 3.57. The summed E-state index contributed by atoms with van der Waals surface area (Å²) in [5.74, 6) is 1.28. The van der Waals surface area contributed by atoms with E-state index < -0.39 is 0 Å². The Kier molecular flexibility index (Phi) is 5.45. The quantitative estimate of drug-likeness (QED) is 0.769. The number of ether oxygens (including phenoxy) is 2. The van der Waals surface area contributed by atoms with Gasteiger partial charge in [-0.1, -0.05) is 12.1 Å². The molecule has 3 N–H and O–H groups in total. The first-order valence-electron chi connectivity index (χ1n) is 8.25. The van der Waals surface area contributed by atoms with Crippen LogP contribution in [-0.2, 0) is 19.5 Å². The van der Waals surface area contributed by atoms with E-state index in [2.05, 4.69) is 20.8 Å². The summed E-state index contributed by atoms with van der Waals surface area (Å²) in [5.41, 5.74) is 3.39. The van der Waals surface area contributed by atoms with Crippen LogP contribution in [0.25, 0.3) is 0 Å². The molecular weight excluding hydrogens is 344 g/mol. The molecule has 0 fully saturated rings. The molecule has 1 aromatic carbocycles. The second-order valence-electron chi connectivity index (χ2n) is 5.93. The topological polar surface area (TPSA) is 88.3 Å². The first kappa shape index (κ1) is 17.6. The minimum atomic E-state index is -0.177. The van der Waals surface area contributed by atoms with Gasteiger partial charge in [-0.2, -0.15) is 5.10 Å². The van der Waals surface area contributed by atoms with Crippen LogP contribution < -0.4 is 20.1 Å². The predicted octanol–water partition coefficient (Wildman–Crippen LogP) is 1.57. The summed E-state index contributed by atoms with van der Waals surface area (Å²) < 4.78 is 11.5. The highest BCUT2D eigenvalue weighted by Crippen LogP contribution is 2.33. The molecule has 0 radical (unpaired) electrons. The van der Waals surface area contributed by atoms with Gasteiger partial charge in [0.15, 0.2) is 17.2 Å². The summed E-state index contributed by atoms with van der Waals surface area (Å²) in [7, 11) is 0. The van der Waals surface area contributed by atoms with Gasteiger partial charge in [-0.05, 0) is 6.07 Å². The molecule has 134 valence electrons. The number of hydrogen-bond acceptors (Lipinski definition) is 5. The Labute approximate surface area is 151 Å². The van der Waals surface area contributed by atoms with Gasteiger partial charge in [0, 0.05) is 49.3 Å². The molecule has 2 aliphatic heterocycles. The number of nitrogens with one attached hydrogen (secondary N) is 3. The molecule has 3 heterocycles. The minimum Gasteiger partial charge on any atom is -0.490 e. The van der Waals surface area contributed by atoms with Crippen LogP contribution >= 0.6 is 12.4 Å². The summed E-state index contributed by atoms with van der Waals surface area (Å²) in [5, 5.41) is 13.4. The van der Waals surface area contributed by atoms with Gasteiger partial charge in [0.1, 0.15) is 0 Å². The van der Waals surface area contributed by atoms with E-state index in [0.717, 1.165) is 47.7 Å². The molecule has 2 aromatic rings. The summed E-state index contributed by atoms with van der Waals surface area (Å²) in [6.07, 6.45) is 1.72.